The first-order valence-corrected chi connectivity index (χ1v) is 7.36. The van der Waals surface area contributed by atoms with Gasteiger partial charge in [-0.3, -0.25) is 14.3 Å². The molecule has 1 N–H and O–H groups in total. The average molecular weight is 299 g/mol. The molecule has 0 saturated heterocycles. The molecule has 1 aromatic carbocycles. The van der Waals surface area contributed by atoms with Crippen LogP contribution in [-0.4, -0.2) is 15.7 Å². The first-order valence-electron chi connectivity index (χ1n) is 6.48. The number of thiophene rings is 1. The van der Waals surface area contributed by atoms with Crippen LogP contribution in [0.4, 0.5) is 0 Å². The maximum atomic E-state index is 12.0. The number of carbonyl (C=O) groups excluding carboxylic acids is 1. The Labute approximate surface area is 124 Å². The van der Waals surface area contributed by atoms with Crippen molar-refractivity contribution in [3.63, 3.8) is 0 Å². The van der Waals surface area contributed by atoms with E-state index in [0.717, 1.165) is 4.88 Å². The van der Waals surface area contributed by atoms with Gasteiger partial charge in [-0.15, -0.1) is 11.3 Å². The summed E-state index contributed by atoms with van der Waals surface area (Å²) in [5, 5.41) is 9.42. The van der Waals surface area contributed by atoms with Crippen LogP contribution in [0.25, 0.3) is 10.9 Å². The second kappa shape index (κ2) is 5.88. The summed E-state index contributed by atoms with van der Waals surface area (Å²) in [6.45, 7) is 0.598. The van der Waals surface area contributed by atoms with Crippen LogP contribution in [0.15, 0.2) is 52.8 Å². The number of carbonyl (C=O) groups is 1. The average Bonchev–Trinajstić information content (AvgIpc) is 3.02. The minimum absolute atomic E-state index is 0.0895. The number of amides is 1. The van der Waals surface area contributed by atoms with Gasteiger partial charge in [0.2, 0.25) is 11.3 Å². The van der Waals surface area contributed by atoms with Crippen LogP contribution in [0.1, 0.15) is 4.88 Å². The second-order valence-electron chi connectivity index (χ2n) is 4.54. The molecule has 3 aromatic rings. The molecule has 1 amide bonds. The third-order valence-corrected chi connectivity index (χ3v) is 3.97. The van der Waals surface area contributed by atoms with Crippen LogP contribution >= 0.6 is 11.3 Å². The number of rotatable bonds is 4. The van der Waals surface area contributed by atoms with Crippen molar-refractivity contribution >= 4 is 28.1 Å². The number of hydrogen-bond acceptors (Lipinski definition) is 4. The van der Waals surface area contributed by atoms with Gasteiger partial charge in [-0.25, -0.2) is 0 Å². The molecule has 2 aromatic heterocycles. The standard InChI is InChI=1S/C15H13N3O2S/c19-14-9-17-18(13-6-2-1-5-12(13)14)10-15(20)16-8-11-4-3-7-21-11/h1-7,9H,8,10H2,(H,16,20). The Morgan fingerprint density at radius 2 is 2.10 bits per heavy atom. The number of hydrogen-bond donors (Lipinski definition) is 1. The number of fused-ring (bicyclic) bond motifs is 1. The van der Waals surface area contributed by atoms with Gasteiger partial charge in [-0.1, -0.05) is 18.2 Å². The van der Waals surface area contributed by atoms with Gasteiger partial charge in [-0.05, 0) is 23.6 Å². The van der Waals surface area contributed by atoms with Gasteiger partial charge in [0.05, 0.1) is 18.3 Å². The number of nitrogens with one attached hydrogen (secondary N) is 1. The normalized spacial score (nSPS) is 10.7. The van der Waals surface area contributed by atoms with Gasteiger partial charge in [0, 0.05) is 10.3 Å². The Hall–Kier alpha value is -2.47. The molecule has 6 heteroatoms. The van der Waals surface area contributed by atoms with Crippen molar-refractivity contribution in [2.45, 2.75) is 13.1 Å². The lowest BCUT2D eigenvalue weighted by atomic mass is 10.2. The van der Waals surface area contributed by atoms with Gasteiger partial charge < -0.3 is 5.32 Å². The number of benzene rings is 1. The zero-order valence-electron chi connectivity index (χ0n) is 11.2. The third kappa shape index (κ3) is 3.00. The minimum atomic E-state index is -0.138. The van der Waals surface area contributed by atoms with E-state index in [0.29, 0.717) is 17.4 Å². The highest BCUT2D eigenvalue weighted by Crippen LogP contribution is 2.09. The van der Waals surface area contributed by atoms with Crippen molar-refractivity contribution in [1.29, 1.82) is 0 Å². The predicted octanol–water partition coefficient (Wildman–Crippen LogP) is 1.77. The molecule has 5 nitrogen and oxygen atoms in total. The lowest BCUT2D eigenvalue weighted by Gasteiger charge is -2.09. The van der Waals surface area contributed by atoms with Crippen LogP contribution in [0, 0.1) is 0 Å². The van der Waals surface area contributed by atoms with Crippen LogP contribution in [-0.2, 0) is 17.9 Å². The first kappa shape index (κ1) is 13.5. The Morgan fingerprint density at radius 3 is 2.90 bits per heavy atom. The zero-order chi connectivity index (χ0) is 14.7. The Balaban J connectivity index is 1.77. The highest BCUT2D eigenvalue weighted by molar-refractivity contribution is 7.09. The van der Waals surface area contributed by atoms with Crippen molar-refractivity contribution in [1.82, 2.24) is 15.1 Å². The van der Waals surface area contributed by atoms with Crippen molar-refractivity contribution < 1.29 is 4.79 Å². The van der Waals surface area contributed by atoms with E-state index in [-0.39, 0.29) is 17.9 Å². The lowest BCUT2D eigenvalue weighted by Crippen LogP contribution is -2.28. The van der Waals surface area contributed by atoms with Crippen LogP contribution in [0.5, 0.6) is 0 Å². The van der Waals surface area contributed by atoms with E-state index in [2.05, 4.69) is 10.4 Å². The Morgan fingerprint density at radius 1 is 1.24 bits per heavy atom. The molecule has 0 spiro atoms. The fourth-order valence-corrected chi connectivity index (χ4v) is 2.72. The van der Waals surface area contributed by atoms with E-state index in [1.165, 1.54) is 6.20 Å². The van der Waals surface area contributed by atoms with Gasteiger partial charge in [0.25, 0.3) is 0 Å². The van der Waals surface area contributed by atoms with Crippen molar-refractivity contribution in [3.8, 4) is 0 Å². The summed E-state index contributed by atoms with van der Waals surface area (Å²) in [7, 11) is 0. The van der Waals surface area contributed by atoms with Crippen LogP contribution in [0.2, 0.25) is 0 Å². The molecule has 106 valence electrons. The van der Waals surface area contributed by atoms with Gasteiger partial charge in [-0.2, -0.15) is 5.10 Å². The molecule has 2 heterocycles. The molecule has 0 aliphatic heterocycles. The zero-order valence-corrected chi connectivity index (χ0v) is 12.0. The summed E-state index contributed by atoms with van der Waals surface area (Å²) in [4.78, 5) is 24.8. The monoisotopic (exact) mass is 299 g/mol. The number of nitrogens with zero attached hydrogens (tertiary/aromatic N) is 2. The number of aromatic nitrogens is 2. The maximum Gasteiger partial charge on any atom is 0.242 e. The molecular weight excluding hydrogens is 286 g/mol. The largest absolute Gasteiger partial charge is 0.350 e. The summed E-state index contributed by atoms with van der Waals surface area (Å²) >= 11 is 1.60. The van der Waals surface area contributed by atoms with Crippen molar-refractivity contribution in [3.05, 3.63) is 63.1 Å². The van der Waals surface area contributed by atoms with E-state index in [1.807, 2.05) is 23.6 Å². The molecule has 0 fully saturated rings. The van der Waals surface area contributed by atoms with Crippen LogP contribution in [0.3, 0.4) is 0 Å². The van der Waals surface area contributed by atoms with E-state index < -0.39 is 0 Å². The quantitative estimate of drug-likeness (QED) is 0.798. The summed E-state index contributed by atoms with van der Waals surface area (Å²) in [6.07, 6.45) is 1.24. The Kier molecular flexibility index (Phi) is 3.79. The Bertz CT molecular complexity index is 824. The van der Waals surface area contributed by atoms with E-state index >= 15 is 0 Å². The van der Waals surface area contributed by atoms with Gasteiger partial charge >= 0.3 is 0 Å². The molecule has 0 bridgehead atoms. The molecule has 0 aliphatic carbocycles. The third-order valence-electron chi connectivity index (χ3n) is 3.10. The van der Waals surface area contributed by atoms with Crippen LogP contribution < -0.4 is 10.7 Å². The second-order valence-corrected chi connectivity index (χ2v) is 5.57. The molecule has 0 aliphatic rings. The molecule has 3 rings (SSSR count). The lowest BCUT2D eigenvalue weighted by molar-refractivity contribution is -0.121. The molecule has 0 saturated carbocycles. The summed E-state index contributed by atoms with van der Waals surface area (Å²) in [5.74, 6) is -0.135. The fourth-order valence-electron chi connectivity index (χ4n) is 2.08. The highest BCUT2D eigenvalue weighted by Gasteiger charge is 2.07. The predicted molar refractivity (Wildman–Crippen MR) is 82.2 cm³/mol. The van der Waals surface area contributed by atoms with E-state index in [4.69, 9.17) is 0 Å². The molecule has 0 radical (unpaired) electrons. The topological polar surface area (TPSA) is 64.0 Å². The van der Waals surface area contributed by atoms with E-state index in [9.17, 15) is 9.59 Å². The maximum absolute atomic E-state index is 12.0. The highest BCUT2D eigenvalue weighted by atomic mass is 32.1. The first-order chi connectivity index (χ1) is 10.2. The van der Waals surface area contributed by atoms with Gasteiger partial charge in [0.1, 0.15) is 6.54 Å². The molecular formula is C15H13N3O2S. The number of para-hydroxylation sites is 1. The fraction of sp³-hybridized carbons (Fsp3) is 0.133. The van der Waals surface area contributed by atoms with Crippen molar-refractivity contribution in [2.75, 3.05) is 0 Å². The minimum Gasteiger partial charge on any atom is -0.350 e. The van der Waals surface area contributed by atoms with Gasteiger partial charge in [0.15, 0.2) is 0 Å². The van der Waals surface area contributed by atoms with Crippen molar-refractivity contribution in [2.24, 2.45) is 0 Å². The smallest absolute Gasteiger partial charge is 0.242 e. The summed E-state index contributed by atoms with van der Waals surface area (Å²) < 4.78 is 1.54. The molecule has 21 heavy (non-hydrogen) atoms. The van der Waals surface area contributed by atoms with E-state index in [1.54, 1.807) is 34.2 Å². The summed E-state index contributed by atoms with van der Waals surface area (Å²) in [5.41, 5.74) is 0.525. The summed E-state index contributed by atoms with van der Waals surface area (Å²) in [6, 6.07) is 11.1. The molecule has 0 unspecified atom stereocenters. The SMILES string of the molecule is O=C(Cn1ncc(=O)c2ccccc21)NCc1cccs1. The molecule has 0 atom stereocenters.